The van der Waals surface area contributed by atoms with Crippen LogP contribution in [-0.2, 0) is 0 Å². The monoisotopic (exact) mass is 486 g/mol. The normalized spacial score (nSPS) is 13.3. The maximum Gasteiger partial charge on any atom is 0.323 e. The Labute approximate surface area is 208 Å². The van der Waals surface area contributed by atoms with Gasteiger partial charge in [0.05, 0.1) is 11.9 Å². The molecule has 0 bridgehead atoms. The van der Waals surface area contributed by atoms with E-state index in [0.29, 0.717) is 22.8 Å². The fourth-order valence-electron chi connectivity index (χ4n) is 4.27. The molecule has 0 saturated carbocycles. The van der Waals surface area contributed by atoms with Gasteiger partial charge in [-0.2, -0.15) is 5.10 Å². The van der Waals surface area contributed by atoms with Crippen LogP contribution >= 0.6 is 0 Å². The molecule has 5 rings (SSSR count). The van der Waals surface area contributed by atoms with E-state index in [9.17, 15) is 9.18 Å². The molecule has 0 radical (unpaired) electrons. The number of pyridine rings is 1. The highest BCUT2D eigenvalue weighted by Crippen LogP contribution is 2.29. The molecular formula is C27H27FN6O2. The second-order valence-corrected chi connectivity index (χ2v) is 8.80. The number of aromatic nitrogens is 3. The van der Waals surface area contributed by atoms with Gasteiger partial charge in [-0.3, -0.25) is 10.1 Å². The van der Waals surface area contributed by atoms with E-state index in [2.05, 4.69) is 36.8 Å². The molecule has 1 aliphatic heterocycles. The van der Waals surface area contributed by atoms with Gasteiger partial charge in [0, 0.05) is 60.2 Å². The summed E-state index contributed by atoms with van der Waals surface area (Å²) in [7, 11) is 0. The molecule has 8 nitrogen and oxygen atoms in total. The molecule has 1 aliphatic rings. The second kappa shape index (κ2) is 10.5. The minimum atomic E-state index is -0.600. The van der Waals surface area contributed by atoms with Gasteiger partial charge in [0.25, 0.3) is 0 Å². The van der Waals surface area contributed by atoms with Crippen molar-refractivity contribution in [2.24, 2.45) is 0 Å². The number of benzene rings is 2. The number of rotatable bonds is 6. The summed E-state index contributed by atoms with van der Waals surface area (Å²) in [4.78, 5) is 19.2. The lowest BCUT2D eigenvalue weighted by molar-refractivity contribution is 0.262. The minimum absolute atomic E-state index is 0.0372. The maximum atomic E-state index is 14.8. The number of urea groups is 1. The molecule has 3 N–H and O–H groups in total. The number of amides is 2. The molecule has 184 valence electrons. The number of carbonyl (C=O) groups excluding carboxylic acids is 1. The SMILES string of the molecule is Cc1cc(NC(=O)Nc2ccc(Oc3ccnc(-c4cn[nH]c4)c3)c(F)c2)cc(N2CCCCC2)c1. The Morgan fingerprint density at radius 3 is 2.64 bits per heavy atom. The smallest absolute Gasteiger partial charge is 0.323 e. The van der Waals surface area contributed by atoms with Crippen LogP contribution in [0.2, 0.25) is 0 Å². The number of ether oxygens (including phenoxy) is 1. The molecule has 2 aromatic heterocycles. The lowest BCUT2D eigenvalue weighted by atomic mass is 10.1. The van der Waals surface area contributed by atoms with Gasteiger partial charge >= 0.3 is 6.03 Å². The predicted molar refractivity (Wildman–Crippen MR) is 138 cm³/mol. The molecule has 36 heavy (non-hydrogen) atoms. The zero-order chi connectivity index (χ0) is 24.9. The molecule has 0 aliphatic carbocycles. The molecule has 1 fully saturated rings. The molecule has 3 heterocycles. The number of hydrogen-bond acceptors (Lipinski definition) is 5. The first-order valence-electron chi connectivity index (χ1n) is 11.9. The van der Waals surface area contributed by atoms with Crippen molar-refractivity contribution in [3.8, 4) is 22.8 Å². The lowest BCUT2D eigenvalue weighted by Crippen LogP contribution is -2.29. The zero-order valence-electron chi connectivity index (χ0n) is 19.9. The van der Waals surface area contributed by atoms with E-state index in [1.54, 1.807) is 36.8 Å². The topological polar surface area (TPSA) is 95.2 Å². The molecule has 9 heteroatoms. The summed E-state index contributed by atoms with van der Waals surface area (Å²) in [5, 5.41) is 12.2. The van der Waals surface area contributed by atoms with Gasteiger partial charge in [0.15, 0.2) is 11.6 Å². The fraction of sp³-hybridized carbons (Fsp3) is 0.222. The van der Waals surface area contributed by atoms with Gasteiger partial charge < -0.3 is 20.3 Å². The van der Waals surface area contributed by atoms with Crippen LogP contribution in [0.25, 0.3) is 11.3 Å². The Bertz CT molecular complexity index is 1350. The molecular weight excluding hydrogens is 459 g/mol. The molecule has 2 aromatic carbocycles. The van der Waals surface area contributed by atoms with Crippen molar-refractivity contribution < 1.29 is 13.9 Å². The average Bonchev–Trinajstić information content (AvgIpc) is 3.41. The summed E-state index contributed by atoms with van der Waals surface area (Å²) < 4.78 is 20.5. The molecule has 0 spiro atoms. The van der Waals surface area contributed by atoms with E-state index in [-0.39, 0.29) is 5.75 Å². The Balaban J connectivity index is 1.23. The lowest BCUT2D eigenvalue weighted by Gasteiger charge is -2.29. The van der Waals surface area contributed by atoms with Gasteiger partial charge in [-0.1, -0.05) is 0 Å². The van der Waals surface area contributed by atoms with Gasteiger partial charge in [0.1, 0.15) is 5.75 Å². The number of nitrogens with one attached hydrogen (secondary N) is 3. The van der Waals surface area contributed by atoms with E-state index in [4.69, 9.17) is 4.74 Å². The van der Waals surface area contributed by atoms with Crippen LogP contribution < -0.4 is 20.3 Å². The van der Waals surface area contributed by atoms with Crippen molar-refractivity contribution >= 4 is 23.1 Å². The summed E-state index contributed by atoms with van der Waals surface area (Å²) >= 11 is 0. The van der Waals surface area contributed by atoms with Gasteiger partial charge in [-0.05, 0) is 68.1 Å². The van der Waals surface area contributed by atoms with E-state index in [1.165, 1.54) is 31.4 Å². The fourth-order valence-corrected chi connectivity index (χ4v) is 4.27. The van der Waals surface area contributed by atoms with E-state index in [1.807, 2.05) is 19.1 Å². The predicted octanol–water partition coefficient (Wildman–Crippen LogP) is 6.35. The zero-order valence-corrected chi connectivity index (χ0v) is 19.9. The van der Waals surface area contributed by atoms with Crippen molar-refractivity contribution in [2.45, 2.75) is 26.2 Å². The van der Waals surface area contributed by atoms with Crippen molar-refractivity contribution in [1.29, 1.82) is 0 Å². The van der Waals surface area contributed by atoms with Gasteiger partial charge in [-0.15, -0.1) is 0 Å². The molecule has 2 amide bonds. The minimum Gasteiger partial charge on any atom is -0.454 e. The number of carbonyl (C=O) groups is 1. The summed E-state index contributed by atoms with van der Waals surface area (Å²) in [6, 6.07) is 13.2. The van der Waals surface area contributed by atoms with Crippen LogP contribution in [0.3, 0.4) is 0 Å². The third-order valence-electron chi connectivity index (χ3n) is 5.98. The first kappa shape index (κ1) is 23.3. The van der Waals surface area contributed by atoms with Crippen LogP contribution in [0.15, 0.2) is 67.1 Å². The van der Waals surface area contributed by atoms with Crippen molar-refractivity contribution in [1.82, 2.24) is 15.2 Å². The largest absolute Gasteiger partial charge is 0.454 e. The first-order chi connectivity index (χ1) is 17.5. The number of anilines is 3. The van der Waals surface area contributed by atoms with Crippen LogP contribution in [0.5, 0.6) is 11.5 Å². The molecule has 0 unspecified atom stereocenters. The highest BCUT2D eigenvalue weighted by molar-refractivity contribution is 6.00. The summed E-state index contributed by atoms with van der Waals surface area (Å²) in [6.07, 6.45) is 8.54. The van der Waals surface area contributed by atoms with Crippen molar-refractivity contribution in [3.05, 3.63) is 78.5 Å². The van der Waals surface area contributed by atoms with Crippen LogP contribution in [0.1, 0.15) is 24.8 Å². The molecule has 4 aromatic rings. The number of piperidine rings is 1. The third-order valence-corrected chi connectivity index (χ3v) is 5.98. The van der Waals surface area contributed by atoms with Gasteiger partial charge in [0.2, 0.25) is 0 Å². The quantitative estimate of drug-likeness (QED) is 0.295. The maximum absolute atomic E-state index is 14.8. The number of halogens is 1. The Kier molecular flexibility index (Phi) is 6.79. The van der Waals surface area contributed by atoms with Gasteiger partial charge in [-0.25, -0.2) is 9.18 Å². The van der Waals surface area contributed by atoms with Crippen molar-refractivity contribution in [2.75, 3.05) is 28.6 Å². The first-order valence-corrected chi connectivity index (χ1v) is 11.9. The number of H-pyrrole nitrogens is 1. The third kappa shape index (κ3) is 5.63. The molecule has 0 atom stereocenters. The summed E-state index contributed by atoms with van der Waals surface area (Å²) in [5.41, 5.74) is 4.62. The summed E-state index contributed by atoms with van der Waals surface area (Å²) in [6.45, 7) is 4.05. The average molecular weight is 487 g/mol. The second-order valence-electron chi connectivity index (χ2n) is 8.80. The number of aryl methyl sites for hydroxylation is 1. The highest BCUT2D eigenvalue weighted by Gasteiger charge is 2.14. The Morgan fingerprint density at radius 1 is 1.03 bits per heavy atom. The Hall–Kier alpha value is -4.40. The Morgan fingerprint density at radius 2 is 1.86 bits per heavy atom. The van der Waals surface area contributed by atoms with E-state index < -0.39 is 11.8 Å². The van der Waals surface area contributed by atoms with Crippen LogP contribution in [0.4, 0.5) is 26.2 Å². The van der Waals surface area contributed by atoms with Crippen molar-refractivity contribution in [3.63, 3.8) is 0 Å². The highest BCUT2D eigenvalue weighted by atomic mass is 19.1. The number of nitrogens with zero attached hydrogens (tertiary/aromatic N) is 3. The van der Waals surface area contributed by atoms with E-state index in [0.717, 1.165) is 29.9 Å². The standard InChI is InChI=1S/C27H27FN6O2/c1-18-11-21(13-22(12-18)34-9-3-2-4-10-34)33-27(35)32-20-5-6-26(24(28)14-20)36-23-7-8-29-25(15-23)19-16-30-31-17-19/h5-8,11-17H,2-4,9-10H2,1H3,(H,30,31)(H2,32,33,35). The summed E-state index contributed by atoms with van der Waals surface area (Å²) in [5.74, 6) is -0.130. The van der Waals surface area contributed by atoms with E-state index >= 15 is 0 Å². The number of hydrogen-bond donors (Lipinski definition) is 3. The van der Waals surface area contributed by atoms with Crippen LogP contribution in [-0.4, -0.2) is 34.3 Å². The molecule has 1 saturated heterocycles. The number of aromatic amines is 1. The van der Waals surface area contributed by atoms with Crippen LogP contribution in [0, 0.1) is 12.7 Å².